The lowest BCUT2D eigenvalue weighted by Crippen LogP contribution is -2.00. The molecule has 3 aromatic rings. The molecule has 2 N–H and O–H groups in total. The molecule has 7 nitrogen and oxygen atoms in total. The molecule has 0 aliphatic carbocycles. The van der Waals surface area contributed by atoms with Gasteiger partial charge in [0.1, 0.15) is 12.1 Å². The van der Waals surface area contributed by atoms with Gasteiger partial charge in [0.25, 0.3) is 0 Å². The number of ketones is 1. The van der Waals surface area contributed by atoms with Gasteiger partial charge < -0.3 is 9.52 Å². The normalized spacial score (nSPS) is 11.5. The first kappa shape index (κ1) is 13.7. The molecule has 3 heterocycles. The highest BCUT2D eigenvalue weighted by molar-refractivity contribution is 6.08. The van der Waals surface area contributed by atoms with Gasteiger partial charge in [0.05, 0.1) is 11.8 Å². The van der Waals surface area contributed by atoms with Crippen molar-refractivity contribution in [3.8, 4) is 0 Å². The SMILES string of the molecule is O=C(C=C(O)c1nc[nH]n1)c1ccoc1Cc1ccncc1. The molecule has 3 aromatic heterocycles. The van der Waals surface area contributed by atoms with Crippen molar-refractivity contribution in [2.24, 2.45) is 0 Å². The number of furan rings is 1. The summed E-state index contributed by atoms with van der Waals surface area (Å²) >= 11 is 0. The molecule has 0 unspecified atom stereocenters. The first-order chi connectivity index (χ1) is 10.7. The first-order valence-corrected chi connectivity index (χ1v) is 6.50. The van der Waals surface area contributed by atoms with Gasteiger partial charge in [-0.25, -0.2) is 4.98 Å². The van der Waals surface area contributed by atoms with Crippen LogP contribution in [0.15, 0.2) is 53.7 Å². The predicted molar refractivity (Wildman–Crippen MR) is 77.1 cm³/mol. The number of hydrogen-bond acceptors (Lipinski definition) is 6. The zero-order valence-corrected chi connectivity index (χ0v) is 11.4. The van der Waals surface area contributed by atoms with Crippen LogP contribution >= 0.6 is 0 Å². The fraction of sp³-hybridized carbons (Fsp3) is 0.0667. The van der Waals surface area contributed by atoms with Gasteiger partial charge in [0.15, 0.2) is 11.5 Å². The molecule has 22 heavy (non-hydrogen) atoms. The van der Waals surface area contributed by atoms with E-state index < -0.39 is 0 Å². The molecule has 0 fully saturated rings. The standard InChI is InChI=1S/C15H12N4O3/c20-12(8-13(21)15-17-9-18-19-15)11-3-6-22-14(11)7-10-1-4-16-5-2-10/h1-6,8-9,21H,7H2,(H,17,18,19). The zero-order valence-electron chi connectivity index (χ0n) is 11.4. The van der Waals surface area contributed by atoms with Crippen molar-refractivity contribution >= 4 is 11.5 Å². The molecule has 0 aliphatic heterocycles. The van der Waals surface area contributed by atoms with Gasteiger partial charge in [-0.15, -0.1) is 0 Å². The third kappa shape index (κ3) is 2.93. The van der Waals surface area contributed by atoms with Crippen molar-refractivity contribution < 1.29 is 14.3 Å². The Hall–Kier alpha value is -3.22. The number of aliphatic hydroxyl groups is 1. The number of carbonyl (C=O) groups is 1. The molecule has 0 aromatic carbocycles. The summed E-state index contributed by atoms with van der Waals surface area (Å²) in [6.07, 6.45) is 7.65. The Morgan fingerprint density at radius 1 is 1.32 bits per heavy atom. The smallest absolute Gasteiger partial charge is 0.215 e. The monoisotopic (exact) mass is 296 g/mol. The van der Waals surface area contributed by atoms with Gasteiger partial charge in [-0.2, -0.15) is 5.10 Å². The molecule has 0 saturated carbocycles. The van der Waals surface area contributed by atoms with Gasteiger partial charge in [0, 0.05) is 24.9 Å². The summed E-state index contributed by atoms with van der Waals surface area (Å²) < 4.78 is 5.37. The second kappa shape index (κ2) is 6.04. The fourth-order valence-corrected chi connectivity index (χ4v) is 1.98. The maximum absolute atomic E-state index is 12.2. The molecular weight excluding hydrogens is 284 g/mol. The molecule has 3 rings (SSSR count). The Morgan fingerprint density at radius 2 is 2.14 bits per heavy atom. The van der Waals surface area contributed by atoms with Crippen LogP contribution in [0.5, 0.6) is 0 Å². The van der Waals surface area contributed by atoms with Crippen LogP contribution in [0.25, 0.3) is 5.76 Å². The first-order valence-electron chi connectivity index (χ1n) is 6.50. The lowest BCUT2D eigenvalue weighted by atomic mass is 10.1. The van der Waals surface area contributed by atoms with Crippen LogP contribution in [0.3, 0.4) is 0 Å². The molecule has 7 heteroatoms. The number of aliphatic hydroxyl groups excluding tert-OH is 1. The Kier molecular flexibility index (Phi) is 3.78. The molecule has 0 saturated heterocycles. The highest BCUT2D eigenvalue weighted by Gasteiger charge is 2.15. The van der Waals surface area contributed by atoms with E-state index >= 15 is 0 Å². The van der Waals surface area contributed by atoms with E-state index in [1.165, 1.54) is 12.6 Å². The van der Waals surface area contributed by atoms with Crippen molar-refractivity contribution in [2.75, 3.05) is 0 Å². The third-order valence-corrected chi connectivity index (χ3v) is 3.04. The zero-order chi connectivity index (χ0) is 15.4. The number of H-pyrrole nitrogens is 1. The van der Waals surface area contributed by atoms with Crippen molar-refractivity contribution in [3.05, 3.63) is 72.0 Å². The van der Waals surface area contributed by atoms with E-state index in [9.17, 15) is 9.90 Å². The van der Waals surface area contributed by atoms with E-state index in [2.05, 4.69) is 20.2 Å². The van der Waals surface area contributed by atoms with Crippen LogP contribution in [-0.4, -0.2) is 31.1 Å². The number of nitrogens with zero attached hydrogens (tertiary/aromatic N) is 3. The molecule has 0 bridgehead atoms. The van der Waals surface area contributed by atoms with Crippen LogP contribution in [0, 0.1) is 0 Å². The van der Waals surface area contributed by atoms with E-state index in [1.807, 2.05) is 12.1 Å². The summed E-state index contributed by atoms with van der Waals surface area (Å²) in [5.74, 6) is -0.0924. The maximum atomic E-state index is 12.2. The molecule has 0 amide bonds. The Morgan fingerprint density at radius 3 is 2.86 bits per heavy atom. The van der Waals surface area contributed by atoms with Crippen molar-refractivity contribution in [2.45, 2.75) is 6.42 Å². The van der Waals surface area contributed by atoms with Gasteiger partial charge in [-0.05, 0) is 23.8 Å². The second-order valence-corrected chi connectivity index (χ2v) is 4.51. The fourth-order valence-electron chi connectivity index (χ4n) is 1.98. The van der Waals surface area contributed by atoms with Gasteiger partial charge in [-0.1, -0.05) is 0 Å². The maximum Gasteiger partial charge on any atom is 0.215 e. The summed E-state index contributed by atoms with van der Waals surface area (Å²) in [4.78, 5) is 20.0. The number of hydrogen-bond donors (Lipinski definition) is 2. The van der Waals surface area contributed by atoms with Gasteiger partial charge in [0.2, 0.25) is 5.82 Å². The minimum absolute atomic E-state index is 0.0625. The van der Waals surface area contributed by atoms with Gasteiger partial charge >= 0.3 is 0 Å². The number of nitrogens with one attached hydrogen (secondary N) is 1. The largest absolute Gasteiger partial charge is 0.504 e. The average molecular weight is 296 g/mol. The lowest BCUT2D eigenvalue weighted by Gasteiger charge is -2.00. The van der Waals surface area contributed by atoms with Crippen molar-refractivity contribution in [1.82, 2.24) is 20.2 Å². The second-order valence-electron chi connectivity index (χ2n) is 4.51. The predicted octanol–water partition coefficient (Wildman–Crippen LogP) is 2.17. The lowest BCUT2D eigenvalue weighted by molar-refractivity contribution is 0.104. The number of aromatic nitrogens is 4. The van der Waals surface area contributed by atoms with Crippen LogP contribution in [0.4, 0.5) is 0 Å². The van der Waals surface area contributed by atoms with Gasteiger partial charge in [-0.3, -0.25) is 14.9 Å². The minimum atomic E-state index is -0.375. The van der Waals surface area contributed by atoms with E-state index in [0.29, 0.717) is 17.7 Å². The molecule has 0 spiro atoms. The molecule has 0 aliphatic rings. The van der Waals surface area contributed by atoms with Crippen LogP contribution in [0.2, 0.25) is 0 Å². The molecule has 110 valence electrons. The van der Waals surface area contributed by atoms with E-state index in [-0.39, 0.29) is 17.4 Å². The minimum Gasteiger partial charge on any atom is -0.504 e. The van der Waals surface area contributed by atoms with Crippen molar-refractivity contribution in [1.29, 1.82) is 0 Å². The summed E-state index contributed by atoms with van der Waals surface area (Å²) in [5.41, 5.74) is 1.36. The molecule has 0 atom stereocenters. The topological polar surface area (TPSA) is 105 Å². The molecule has 0 radical (unpaired) electrons. The Labute approximate surface area is 125 Å². The summed E-state index contributed by atoms with van der Waals surface area (Å²) in [7, 11) is 0. The summed E-state index contributed by atoms with van der Waals surface area (Å²) in [6, 6.07) is 5.26. The van der Waals surface area contributed by atoms with E-state index in [1.54, 1.807) is 18.5 Å². The number of allylic oxidation sites excluding steroid dienone is 1. The average Bonchev–Trinajstić information content (AvgIpc) is 3.19. The highest BCUT2D eigenvalue weighted by Crippen LogP contribution is 2.17. The van der Waals surface area contributed by atoms with Crippen LogP contribution in [0.1, 0.15) is 27.5 Å². The number of rotatable bonds is 5. The molecular formula is C15H12N4O3. The Bertz CT molecular complexity index is 791. The summed E-state index contributed by atoms with van der Waals surface area (Å²) in [5, 5.41) is 16.0. The number of aromatic amines is 1. The highest BCUT2D eigenvalue weighted by atomic mass is 16.3. The third-order valence-electron chi connectivity index (χ3n) is 3.04. The number of carbonyl (C=O) groups excluding carboxylic acids is 1. The number of pyridine rings is 1. The summed E-state index contributed by atoms with van der Waals surface area (Å²) in [6.45, 7) is 0. The van der Waals surface area contributed by atoms with E-state index in [4.69, 9.17) is 4.42 Å². The quantitative estimate of drug-likeness (QED) is 0.424. The Balaban J connectivity index is 1.82. The van der Waals surface area contributed by atoms with Crippen molar-refractivity contribution in [3.63, 3.8) is 0 Å². The van der Waals surface area contributed by atoms with Crippen LogP contribution < -0.4 is 0 Å². The van der Waals surface area contributed by atoms with Crippen LogP contribution in [-0.2, 0) is 6.42 Å². The van der Waals surface area contributed by atoms with E-state index in [0.717, 1.165) is 11.6 Å².